The van der Waals surface area contributed by atoms with E-state index < -0.39 is 0 Å². The topological polar surface area (TPSA) is 86.6 Å². The van der Waals surface area contributed by atoms with E-state index in [2.05, 4.69) is 15.0 Å². The number of benzene rings is 1. The van der Waals surface area contributed by atoms with Crippen LogP contribution in [0.25, 0.3) is 21.9 Å². The Morgan fingerprint density at radius 2 is 1.83 bits per heavy atom. The average molecular weight is 405 g/mol. The van der Waals surface area contributed by atoms with Gasteiger partial charge in [0.05, 0.1) is 24.9 Å². The van der Waals surface area contributed by atoms with Crippen molar-refractivity contribution in [1.82, 2.24) is 15.0 Å². The highest BCUT2D eigenvalue weighted by atomic mass is 16.5. The highest BCUT2D eigenvalue weighted by Crippen LogP contribution is 2.37. The van der Waals surface area contributed by atoms with Crippen LogP contribution in [0.3, 0.4) is 0 Å². The molecule has 0 radical (unpaired) electrons. The number of aromatic nitrogens is 3. The van der Waals surface area contributed by atoms with Crippen molar-refractivity contribution in [2.75, 3.05) is 20.3 Å². The van der Waals surface area contributed by atoms with Crippen LogP contribution in [0, 0.1) is 6.92 Å². The number of rotatable bonds is 8. The van der Waals surface area contributed by atoms with Crippen LogP contribution < -0.4 is 14.2 Å². The summed E-state index contributed by atoms with van der Waals surface area (Å²) in [6.45, 7) is 2.54. The summed E-state index contributed by atoms with van der Waals surface area (Å²) in [6, 6.07) is 11.3. The van der Waals surface area contributed by atoms with E-state index in [0.29, 0.717) is 41.7 Å². The van der Waals surface area contributed by atoms with Gasteiger partial charge < -0.3 is 19.3 Å². The highest BCUT2D eigenvalue weighted by Gasteiger charge is 2.13. The monoisotopic (exact) mass is 405 g/mol. The standard InChI is InChI=1S/C23H23N3O4/c1-15-20(12-16-6-5-8-25-23(16)26-15)30-19-7-9-24-18-14-22(29-11-4-3-10-27)21(28-2)13-17(18)19/h5-9,12-14,27H,3-4,10-11H2,1-2H3. The van der Waals surface area contributed by atoms with Crippen molar-refractivity contribution in [2.45, 2.75) is 19.8 Å². The van der Waals surface area contributed by atoms with Crippen LogP contribution in [0.1, 0.15) is 18.5 Å². The number of hydrogen-bond acceptors (Lipinski definition) is 7. The number of hydrogen-bond donors (Lipinski definition) is 1. The molecule has 3 heterocycles. The lowest BCUT2D eigenvalue weighted by Gasteiger charge is -2.14. The third-order valence-electron chi connectivity index (χ3n) is 4.75. The summed E-state index contributed by atoms with van der Waals surface area (Å²) in [7, 11) is 1.60. The van der Waals surface area contributed by atoms with E-state index in [1.807, 2.05) is 43.3 Å². The van der Waals surface area contributed by atoms with Gasteiger partial charge in [0, 0.05) is 35.8 Å². The quantitative estimate of drug-likeness (QED) is 0.434. The number of aryl methyl sites for hydroxylation is 1. The maximum Gasteiger partial charge on any atom is 0.163 e. The molecule has 0 aliphatic heterocycles. The van der Waals surface area contributed by atoms with E-state index >= 15 is 0 Å². The van der Waals surface area contributed by atoms with E-state index in [0.717, 1.165) is 28.4 Å². The predicted octanol–water partition coefficient (Wildman–Crippen LogP) is 4.44. The Bertz CT molecular complexity index is 1180. The van der Waals surface area contributed by atoms with Gasteiger partial charge in [-0.2, -0.15) is 0 Å². The van der Waals surface area contributed by atoms with Gasteiger partial charge >= 0.3 is 0 Å². The number of unbranched alkanes of at least 4 members (excludes halogenated alkanes) is 1. The van der Waals surface area contributed by atoms with Crippen molar-refractivity contribution >= 4 is 21.9 Å². The molecule has 0 saturated carbocycles. The first-order chi connectivity index (χ1) is 14.7. The van der Waals surface area contributed by atoms with Gasteiger partial charge in [-0.3, -0.25) is 4.98 Å². The number of nitrogens with zero attached hydrogens (tertiary/aromatic N) is 3. The summed E-state index contributed by atoms with van der Waals surface area (Å²) in [6.07, 6.45) is 4.88. The fraction of sp³-hybridized carbons (Fsp3) is 0.261. The molecule has 0 atom stereocenters. The molecule has 4 rings (SSSR count). The second-order valence-corrected chi connectivity index (χ2v) is 6.83. The molecule has 1 aromatic carbocycles. The molecule has 0 fully saturated rings. The van der Waals surface area contributed by atoms with Crippen LogP contribution >= 0.6 is 0 Å². The summed E-state index contributed by atoms with van der Waals surface area (Å²) in [5, 5.41) is 10.6. The molecular formula is C23H23N3O4. The molecule has 154 valence electrons. The fourth-order valence-corrected chi connectivity index (χ4v) is 3.18. The van der Waals surface area contributed by atoms with Gasteiger partial charge in [-0.05, 0) is 50.1 Å². The largest absolute Gasteiger partial charge is 0.493 e. The maximum atomic E-state index is 8.92. The summed E-state index contributed by atoms with van der Waals surface area (Å²) < 4.78 is 17.6. The first-order valence-electron chi connectivity index (χ1n) is 9.80. The van der Waals surface area contributed by atoms with E-state index in [9.17, 15) is 0 Å². The Labute approximate surface area is 174 Å². The zero-order valence-corrected chi connectivity index (χ0v) is 17.0. The lowest BCUT2D eigenvalue weighted by Crippen LogP contribution is -2.01. The van der Waals surface area contributed by atoms with Gasteiger partial charge in [-0.25, -0.2) is 9.97 Å². The van der Waals surface area contributed by atoms with Crippen molar-refractivity contribution in [3.8, 4) is 23.0 Å². The molecule has 0 unspecified atom stereocenters. The van der Waals surface area contributed by atoms with Crippen molar-refractivity contribution in [3.05, 3.63) is 54.5 Å². The number of ether oxygens (including phenoxy) is 3. The van der Waals surface area contributed by atoms with E-state index in [4.69, 9.17) is 19.3 Å². The normalized spacial score (nSPS) is 11.0. The van der Waals surface area contributed by atoms with Gasteiger partial charge in [0.2, 0.25) is 0 Å². The number of aliphatic hydroxyl groups excluding tert-OH is 1. The summed E-state index contributed by atoms with van der Waals surface area (Å²) >= 11 is 0. The first kappa shape index (κ1) is 19.8. The molecule has 30 heavy (non-hydrogen) atoms. The Morgan fingerprint density at radius 3 is 2.67 bits per heavy atom. The predicted molar refractivity (Wildman–Crippen MR) is 114 cm³/mol. The SMILES string of the molecule is COc1cc2c(Oc3cc4cccnc4nc3C)ccnc2cc1OCCCCO. The third-order valence-corrected chi connectivity index (χ3v) is 4.75. The Kier molecular flexibility index (Phi) is 5.90. The smallest absolute Gasteiger partial charge is 0.163 e. The van der Waals surface area contributed by atoms with Crippen LogP contribution in [0.5, 0.6) is 23.0 Å². The van der Waals surface area contributed by atoms with Gasteiger partial charge in [0.15, 0.2) is 17.1 Å². The Morgan fingerprint density at radius 1 is 0.933 bits per heavy atom. The summed E-state index contributed by atoms with van der Waals surface area (Å²) in [5.74, 6) is 2.52. The third kappa shape index (κ3) is 4.11. The maximum absolute atomic E-state index is 8.92. The van der Waals surface area contributed by atoms with E-state index in [1.54, 1.807) is 19.5 Å². The zero-order valence-electron chi connectivity index (χ0n) is 17.0. The molecule has 4 aromatic rings. The molecule has 1 N–H and O–H groups in total. The molecule has 3 aromatic heterocycles. The lowest BCUT2D eigenvalue weighted by molar-refractivity contribution is 0.247. The van der Waals surface area contributed by atoms with Crippen molar-refractivity contribution in [3.63, 3.8) is 0 Å². The van der Waals surface area contributed by atoms with Crippen molar-refractivity contribution in [2.24, 2.45) is 0 Å². The lowest BCUT2D eigenvalue weighted by atomic mass is 10.1. The number of fused-ring (bicyclic) bond motifs is 2. The van der Waals surface area contributed by atoms with Crippen molar-refractivity contribution < 1.29 is 19.3 Å². The summed E-state index contributed by atoms with van der Waals surface area (Å²) in [4.78, 5) is 13.3. The minimum atomic E-state index is 0.152. The Hall–Kier alpha value is -3.45. The number of pyridine rings is 3. The molecule has 0 aliphatic carbocycles. The molecule has 0 amide bonds. The van der Waals surface area contributed by atoms with Crippen LogP contribution in [0.15, 0.2) is 48.8 Å². The first-order valence-corrected chi connectivity index (χ1v) is 9.80. The van der Waals surface area contributed by atoms with Gasteiger partial charge in [-0.1, -0.05) is 0 Å². The number of aliphatic hydroxyl groups is 1. The molecule has 7 heteroatoms. The van der Waals surface area contributed by atoms with Gasteiger partial charge in [0.25, 0.3) is 0 Å². The fourth-order valence-electron chi connectivity index (χ4n) is 3.18. The van der Waals surface area contributed by atoms with Crippen molar-refractivity contribution in [1.29, 1.82) is 0 Å². The minimum absolute atomic E-state index is 0.152. The van der Waals surface area contributed by atoms with E-state index in [1.165, 1.54) is 0 Å². The molecular weight excluding hydrogens is 382 g/mol. The molecule has 0 bridgehead atoms. The Balaban J connectivity index is 1.69. The average Bonchev–Trinajstić information content (AvgIpc) is 2.77. The summed E-state index contributed by atoms with van der Waals surface area (Å²) in [5.41, 5.74) is 2.17. The second-order valence-electron chi connectivity index (χ2n) is 6.83. The van der Waals surface area contributed by atoms with Crippen LogP contribution in [0.4, 0.5) is 0 Å². The van der Waals surface area contributed by atoms with E-state index in [-0.39, 0.29) is 6.61 Å². The minimum Gasteiger partial charge on any atom is -0.493 e. The van der Waals surface area contributed by atoms with Crippen LogP contribution in [-0.4, -0.2) is 40.4 Å². The molecule has 0 saturated heterocycles. The molecule has 0 spiro atoms. The van der Waals surface area contributed by atoms with Crippen LogP contribution in [0.2, 0.25) is 0 Å². The van der Waals surface area contributed by atoms with Gasteiger partial charge in [-0.15, -0.1) is 0 Å². The molecule has 7 nitrogen and oxygen atoms in total. The van der Waals surface area contributed by atoms with Crippen LogP contribution in [-0.2, 0) is 0 Å². The molecule has 0 aliphatic rings. The van der Waals surface area contributed by atoms with Gasteiger partial charge in [0.1, 0.15) is 11.5 Å². The zero-order chi connectivity index (χ0) is 20.9. The number of methoxy groups -OCH3 is 1. The highest BCUT2D eigenvalue weighted by molar-refractivity contribution is 5.88. The second kappa shape index (κ2) is 8.92.